The summed E-state index contributed by atoms with van der Waals surface area (Å²) in [5.41, 5.74) is 3.03. The summed E-state index contributed by atoms with van der Waals surface area (Å²) < 4.78 is 47.3. The molecular weight excluding hydrogens is 508 g/mol. The fourth-order valence-electron chi connectivity index (χ4n) is 5.01. The Bertz CT molecular complexity index is 1450. The molecule has 0 fully saturated rings. The number of nitrogens with one attached hydrogen (secondary N) is 1. The maximum absolute atomic E-state index is 13.7. The number of halogens is 2. The second-order valence-electron chi connectivity index (χ2n) is 9.74. The Morgan fingerprint density at radius 2 is 1.79 bits per heavy atom. The molecule has 0 radical (unpaired) electrons. The third-order valence-corrected chi connectivity index (χ3v) is 6.96. The fourth-order valence-corrected chi connectivity index (χ4v) is 5.01. The molecule has 3 aromatic rings. The molecule has 2 aliphatic rings. The van der Waals surface area contributed by atoms with Crippen LogP contribution in [0.2, 0.25) is 0 Å². The molecule has 1 amide bonds. The largest absolute Gasteiger partial charge is 0.586 e. The topological polar surface area (TPSA) is 83.1 Å². The van der Waals surface area contributed by atoms with Gasteiger partial charge in [0.15, 0.2) is 18.1 Å². The van der Waals surface area contributed by atoms with Crippen LogP contribution < -0.4 is 19.5 Å². The van der Waals surface area contributed by atoms with Crippen molar-refractivity contribution in [3.63, 3.8) is 0 Å². The smallest absolute Gasteiger partial charge is 0.484 e. The zero-order valence-electron chi connectivity index (χ0n) is 21.7. The van der Waals surface area contributed by atoms with Crippen LogP contribution in [0.3, 0.4) is 0 Å². The van der Waals surface area contributed by atoms with Crippen molar-refractivity contribution in [3.8, 4) is 17.2 Å². The standard InChI is InChI=1S/C30H29F2NO6/c1-18-12-26-27(39-30(31,32)38-26)15-24(18)25(16-29(35)36-2)20-9-8-19-10-11-23(14-21(19)13-20)37-17-28(34)33-22-6-4-3-5-7-22/h6,8-15,25H,3-5,7,16-17H2,1-2H3,(H,33,34). The molecule has 3 aromatic carbocycles. The molecule has 5 rings (SSSR count). The molecule has 7 nitrogen and oxygen atoms in total. The van der Waals surface area contributed by atoms with Gasteiger partial charge in [0.25, 0.3) is 5.91 Å². The zero-order valence-corrected chi connectivity index (χ0v) is 21.7. The first-order chi connectivity index (χ1) is 18.7. The van der Waals surface area contributed by atoms with Gasteiger partial charge in [-0.2, -0.15) is 0 Å². The van der Waals surface area contributed by atoms with Crippen molar-refractivity contribution < 1.29 is 37.3 Å². The maximum Gasteiger partial charge on any atom is 0.586 e. The Morgan fingerprint density at radius 1 is 1.03 bits per heavy atom. The van der Waals surface area contributed by atoms with Gasteiger partial charge in [-0.25, -0.2) is 0 Å². The molecule has 0 saturated carbocycles. The van der Waals surface area contributed by atoms with Crippen molar-refractivity contribution in [2.24, 2.45) is 0 Å². The van der Waals surface area contributed by atoms with Crippen molar-refractivity contribution in [3.05, 3.63) is 77.0 Å². The predicted octanol–water partition coefficient (Wildman–Crippen LogP) is 6.12. The maximum atomic E-state index is 13.7. The minimum absolute atomic E-state index is 0.00883. The summed E-state index contributed by atoms with van der Waals surface area (Å²) in [5, 5.41) is 4.67. The van der Waals surface area contributed by atoms with Crippen LogP contribution in [0, 0.1) is 6.92 Å². The van der Waals surface area contributed by atoms with Crippen LogP contribution in [0.15, 0.2) is 60.3 Å². The average molecular weight is 538 g/mol. The monoisotopic (exact) mass is 537 g/mol. The summed E-state index contributed by atoms with van der Waals surface area (Å²) in [6, 6.07) is 14.2. The number of fused-ring (bicyclic) bond motifs is 2. The van der Waals surface area contributed by atoms with Crippen LogP contribution in [0.5, 0.6) is 17.2 Å². The molecule has 0 saturated heterocycles. The summed E-state index contributed by atoms with van der Waals surface area (Å²) in [4.78, 5) is 24.7. The van der Waals surface area contributed by atoms with E-state index in [1.807, 2.05) is 30.3 Å². The van der Waals surface area contributed by atoms with Crippen LogP contribution in [0.25, 0.3) is 10.8 Å². The van der Waals surface area contributed by atoms with Gasteiger partial charge in [0, 0.05) is 11.6 Å². The zero-order chi connectivity index (χ0) is 27.6. The van der Waals surface area contributed by atoms with Gasteiger partial charge in [-0.05, 0) is 84.3 Å². The lowest BCUT2D eigenvalue weighted by Gasteiger charge is -2.20. The molecule has 204 valence electrons. The number of hydrogen-bond acceptors (Lipinski definition) is 6. The number of amides is 1. The number of ether oxygens (including phenoxy) is 4. The molecular formula is C30H29F2NO6. The van der Waals surface area contributed by atoms with Gasteiger partial charge in [-0.15, -0.1) is 8.78 Å². The van der Waals surface area contributed by atoms with E-state index in [4.69, 9.17) is 9.47 Å². The van der Waals surface area contributed by atoms with Gasteiger partial charge in [0.2, 0.25) is 0 Å². The summed E-state index contributed by atoms with van der Waals surface area (Å²) in [7, 11) is 1.30. The highest BCUT2D eigenvalue weighted by atomic mass is 19.3. The molecule has 1 N–H and O–H groups in total. The van der Waals surface area contributed by atoms with Crippen molar-refractivity contribution in [2.45, 2.75) is 51.2 Å². The molecule has 9 heteroatoms. The van der Waals surface area contributed by atoms with Crippen LogP contribution >= 0.6 is 0 Å². The van der Waals surface area contributed by atoms with E-state index >= 15 is 0 Å². The molecule has 1 aliphatic carbocycles. The van der Waals surface area contributed by atoms with Crippen LogP contribution in [-0.2, 0) is 14.3 Å². The second kappa shape index (κ2) is 10.9. The first-order valence-electron chi connectivity index (χ1n) is 12.8. The predicted molar refractivity (Wildman–Crippen MR) is 140 cm³/mol. The lowest BCUT2D eigenvalue weighted by molar-refractivity contribution is -0.286. The van der Waals surface area contributed by atoms with E-state index in [0.717, 1.165) is 47.7 Å². The van der Waals surface area contributed by atoms with Gasteiger partial charge < -0.3 is 24.3 Å². The van der Waals surface area contributed by atoms with Crippen LogP contribution in [-0.4, -0.2) is 31.9 Å². The number of benzene rings is 3. The first-order valence-corrected chi connectivity index (χ1v) is 12.8. The molecule has 0 aromatic heterocycles. The van der Waals surface area contributed by atoms with E-state index in [2.05, 4.69) is 20.9 Å². The average Bonchev–Trinajstić information content (AvgIpc) is 3.22. The summed E-state index contributed by atoms with van der Waals surface area (Å²) in [5.74, 6) is -0.767. The van der Waals surface area contributed by atoms with Gasteiger partial charge in [-0.3, -0.25) is 9.59 Å². The minimum atomic E-state index is -3.74. The number of aryl methyl sites for hydroxylation is 1. The SMILES string of the molecule is COC(=O)CC(c1ccc2ccc(OCC(=O)NC3=CCCCC3)cc2c1)c1cc2c(cc1C)OC(F)(F)O2. The van der Waals surface area contributed by atoms with Gasteiger partial charge in [0.05, 0.1) is 13.5 Å². The number of carbonyl (C=O) groups excluding carboxylic acids is 2. The van der Waals surface area contributed by atoms with Crippen molar-refractivity contribution in [1.82, 2.24) is 5.32 Å². The minimum Gasteiger partial charge on any atom is -0.484 e. The summed E-state index contributed by atoms with van der Waals surface area (Å²) in [6.07, 6.45) is 2.34. The lowest BCUT2D eigenvalue weighted by atomic mass is 9.85. The Kier molecular flexibility index (Phi) is 7.41. The quantitative estimate of drug-likeness (QED) is 0.349. The molecule has 1 aliphatic heterocycles. The third kappa shape index (κ3) is 6.13. The van der Waals surface area contributed by atoms with Gasteiger partial charge in [-0.1, -0.05) is 30.3 Å². The van der Waals surface area contributed by atoms with Gasteiger partial charge in [0.1, 0.15) is 5.75 Å². The normalized spacial score (nSPS) is 16.4. The Morgan fingerprint density at radius 3 is 2.54 bits per heavy atom. The van der Waals surface area contributed by atoms with E-state index in [1.165, 1.54) is 19.2 Å². The van der Waals surface area contributed by atoms with E-state index in [1.54, 1.807) is 13.0 Å². The van der Waals surface area contributed by atoms with Crippen molar-refractivity contribution in [2.75, 3.05) is 13.7 Å². The molecule has 1 unspecified atom stereocenters. The first kappa shape index (κ1) is 26.5. The number of rotatable bonds is 8. The highest BCUT2D eigenvalue weighted by Crippen LogP contribution is 2.45. The van der Waals surface area contributed by atoms with Gasteiger partial charge >= 0.3 is 12.3 Å². The number of alkyl halides is 2. The number of hydrogen-bond donors (Lipinski definition) is 1. The number of methoxy groups -OCH3 is 1. The van der Waals surface area contributed by atoms with Crippen molar-refractivity contribution >= 4 is 22.6 Å². The Balaban J connectivity index is 1.40. The highest BCUT2D eigenvalue weighted by Gasteiger charge is 2.44. The summed E-state index contributed by atoms with van der Waals surface area (Å²) in [6.45, 7) is 1.65. The molecule has 1 atom stereocenters. The Labute approximate surface area is 224 Å². The van der Waals surface area contributed by atoms with E-state index in [9.17, 15) is 18.4 Å². The molecule has 1 heterocycles. The van der Waals surface area contributed by atoms with E-state index in [-0.39, 0.29) is 30.4 Å². The molecule has 39 heavy (non-hydrogen) atoms. The lowest BCUT2D eigenvalue weighted by Crippen LogP contribution is -2.28. The fraction of sp³-hybridized carbons (Fsp3) is 0.333. The molecule has 0 spiro atoms. The van der Waals surface area contributed by atoms with Crippen molar-refractivity contribution in [1.29, 1.82) is 0 Å². The Hall–Kier alpha value is -4.14. The highest BCUT2D eigenvalue weighted by molar-refractivity contribution is 5.85. The van der Waals surface area contributed by atoms with E-state index < -0.39 is 18.2 Å². The van der Waals surface area contributed by atoms with E-state index in [0.29, 0.717) is 16.9 Å². The number of allylic oxidation sites excluding steroid dienone is 2. The summed E-state index contributed by atoms with van der Waals surface area (Å²) >= 11 is 0. The number of esters is 1. The van der Waals surface area contributed by atoms with Crippen LogP contribution in [0.1, 0.15) is 54.7 Å². The second-order valence-corrected chi connectivity index (χ2v) is 9.74. The van der Waals surface area contributed by atoms with Crippen LogP contribution in [0.4, 0.5) is 8.78 Å². The molecule has 0 bridgehead atoms. The third-order valence-electron chi connectivity index (χ3n) is 6.96. The number of carbonyl (C=O) groups is 2.